The van der Waals surface area contributed by atoms with E-state index < -0.39 is 0 Å². The minimum absolute atomic E-state index is 0.698. The van der Waals surface area contributed by atoms with E-state index in [1.54, 1.807) is 0 Å². The monoisotopic (exact) mass is 148 g/mol. The van der Waals surface area contributed by atoms with E-state index in [1.165, 1.54) is 12.1 Å². The highest BCUT2D eigenvalue weighted by Gasteiger charge is 2.18. The second-order valence-corrected chi connectivity index (χ2v) is 2.94. The molecule has 0 saturated carbocycles. The van der Waals surface area contributed by atoms with Crippen LogP contribution in [0.15, 0.2) is 29.0 Å². The smallest absolute Gasteiger partial charge is 0.0264 e. The van der Waals surface area contributed by atoms with Gasteiger partial charge in [0.05, 0.1) is 0 Å². The predicted octanol–water partition coefficient (Wildman–Crippen LogP) is 1.47. The van der Waals surface area contributed by atoms with Crippen LogP contribution in [-0.2, 0) is 0 Å². The Morgan fingerprint density at radius 2 is 2.55 bits per heavy atom. The van der Waals surface area contributed by atoms with Crippen molar-refractivity contribution >= 4 is 6.21 Å². The Bertz CT molecular complexity index is 226. The van der Waals surface area contributed by atoms with Gasteiger partial charge in [0.1, 0.15) is 0 Å². The van der Waals surface area contributed by atoms with Crippen molar-refractivity contribution in [2.24, 2.45) is 10.9 Å². The molecule has 1 saturated heterocycles. The van der Waals surface area contributed by atoms with Gasteiger partial charge in [-0.2, -0.15) is 0 Å². The van der Waals surface area contributed by atoms with Crippen LogP contribution in [0.25, 0.3) is 0 Å². The third kappa shape index (κ3) is 1.34. The maximum absolute atomic E-state index is 4.11. The van der Waals surface area contributed by atoms with Gasteiger partial charge in [-0.25, -0.2) is 0 Å². The maximum Gasteiger partial charge on any atom is 0.0264 e. The number of nitrogens with zero attached hydrogens (tertiary/aromatic N) is 1. The minimum atomic E-state index is 0.698. The number of hydrogen-bond acceptors (Lipinski definition) is 2. The molecule has 0 aromatic carbocycles. The van der Waals surface area contributed by atoms with E-state index in [-0.39, 0.29) is 0 Å². The molecule has 2 aliphatic heterocycles. The van der Waals surface area contributed by atoms with Crippen LogP contribution < -0.4 is 5.32 Å². The van der Waals surface area contributed by atoms with Gasteiger partial charge < -0.3 is 5.32 Å². The molecule has 0 bridgehead atoms. The van der Waals surface area contributed by atoms with E-state index >= 15 is 0 Å². The first-order valence-corrected chi connectivity index (χ1v) is 4.09. The number of aliphatic imine (C=N–C) groups is 1. The summed E-state index contributed by atoms with van der Waals surface area (Å²) in [7, 11) is 0. The highest BCUT2D eigenvalue weighted by Crippen LogP contribution is 2.22. The van der Waals surface area contributed by atoms with Gasteiger partial charge in [-0.15, -0.1) is 0 Å². The van der Waals surface area contributed by atoms with Crippen molar-refractivity contribution in [1.82, 2.24) is 5.32 Å². The van der Waals surface area contributed by atoms with Crippen molar-refractivity contribution in [1.29, 1.82) is 0 Å². The van der Waals surface area contributed by atoms with E-state index in [9.17, 15) is 0 Å². The first-order valence-electron chi connectivity index (χ1n) is 4.09. The summed E-state index contributed by atoms with van der Waals surface area (Å²) in [5.41, 5.74) is 1.38. The lowest BCUT2D eigenvalue weighted by Crippen LogP contribution is -2.07. The molecule has 1 atom stereocenters. The fourth-order valence-corrected chi connectivity index (χ4v) is 1.58. The molecule has 58 valence electrons. The van der Waals surface area contributed by atoms with Crippen LogP contribution in [0.4, 0.5) is 0 Å². The number of nitrogens with one attached hydrogen (secondary N) is 1. The Kier molecular flexibility index (Phi) is 1.76. The van der Waals surface area contributed by atoms with Crippen molar-refractivity contribution in [3.05, 3.63) is 24.0 Å². The van der Waals surface area contributed by atoms with Gasteiger partial charge in [0, 0.05) is 30.6 Å². The summed E-state index contributed by atoms with van der Waals surface area (Å²) in [4.78, 5) is 4.11. The second-order valence-electron chi connectivity index (χ2n) is 2.94. The number of allylic oxidation sites excluding steroid dienone is 3. The third-order valence-electron chi connectivity index (χ3n) is 2.21. The van der Waals surface area contributed by atoms with Crippen LogP contribution in [0, 0.1) is 5.92 Å². The largest absolute Gasteiger partial charge is 0.388 e. The molecular weight excluding hydrogens is 136 g/mol. The Hall–Kier alpha value is -1.05. The summed E-state index contributed by atoms with van der Waals surface area (Å²) >= 11 is 0. The lowest BCUT2D eigenvalue weighted by atomic mass is 10.0. The molecule has 0 spiro atoms. The summed E-state index contributed by atoms with van der Waals surface area (Å²) in [6.07, 6.45) is 10.3. The average molecular weight is 148 g/mol. The van der Waals surface area contributed by atoms with Gasteiger partial charge in [0.25, 0.3) is 0 Å². The summed E-state index contributed by atoms with van der Waals surface area (Å²) in [6, 6.07) is 0. The first-order chi connectivity index (χ1) is 5.47. The molecule has 0 aromatic rings. The van der Waals surface area contributed by atoms with E-state index in [1.807, 2.05) is 18.5 Å². The molecule has 0 amide bonds. The normalized spacial score (nSPS) is 36.0. The molecule has 0 radical (unpaired) electrons. The van der Waals surface area contributed by atoms with Gasteiger partial charge in [-0.1, -0.05) is 0 Å². The molecule has 0 aromatic heterocycles. The van der Waals surface area contributed by atoms with Crippen LogP contribution in [-0.4, -0.2) is 12.8 Å². The molecule has 2 nitrogen and oxygen atoms in total. The van der Waals surface area contributed by atoms with Gasteiger partial charge in [-0.05, 0) is 25.0 Å². The standard InChI is InChI=1S/C9H12N2/c1-2-9-8(4-7-11-9)3-6-10-5-1/h1-2,5-6,8,11H,3-4,7H2/b5-1-,9-2+,10-6?. The molecule has 2 heterocycles. The average Bonchev–Trinajstić information content (AvgIpc) is 2.35. The van der Waals surface area contributed by atoms with Gasteiger partial charge in [0.15, 0.2) is 0 Å². The molecule has 0 aliphatic carbocycles. The lowest BCUT2D eigenvalue weighted by molar-refractivity contribution is 0.675. The SMILES string of the molecule is C1=N/C=C\C=C2\NCCC2C1. The lowest BCUT2D eigenvalue weighted by Gasteiger charge is -2.07. The predicted molar refractivity (Wildman–Crippen MR) is 46.4 cm³/mol. The molecule has 1 fully saturated rings. The van der Waals surface area contributed by atoms with Gasteiger partial charge in [0.2, 0.25) is 0 Å². The Morgan fingerprint density at radius 1 is 1.55 bits per heavy atom. The highest BCUT2D eigenvalue weighted by molar-refractivity contribution is 5.59. The quantitative estimate of drug-likeness (QED) is 0.552. The molecule has 2 rings (SSSR count). The summed E-state index contributed by atoms with van der Waals surface area (Å²) < 4.78 is 0. The zero-order valence-corrected chi connectivity index (χ0v) is 6.46. The zero-order chi connectivity index (χ0) is 7.52. The van der Waals surface area contributed by atoms with Crippen LogP contribution in [0.3, 0.4) is 0 Å². The second kappa shape index (κ2) is 2.91. The van der Waals surface area contributed by atoms with E-state index in [0.29, 0.717) is 5.92 Å². The number of hydrogen-bond donors (Lipinski definition) is 1. The van der Waals surface area contributed by atoms with Crippen LogP contribution in [0.5, 0.6) is 0 Å². The molecule has 11 heavy (non-hydrogen) atoms. The summed E-state index contributed by atoms with van der Waals surface area (Å²) in [5.74, 6) is 0.698. The van der Waals surface area contributed by atoms with E-state index in [4.69, 9.17) is 0 Å². The highest BCUT2D eigenvalue weighted by atomic mass is 14.9. The maximum atomic E-state index is 4.11. The topological polar surface area (TPSA) is 24.4 Å². The van der Waals surface area contributed by atoms with Crippen molar-refractivity contribution in [2.45, 2.75) is 12.8 Å². The van der Waals surface area contributed by atoms with Gasteiger partial charge >= 0.3 is 0 Å². The third-order valence-corrected chi connectivity index (χ3v) is 2.21. The molecular formula is C9H12N2. The van der Waals surface area contributed by atoms with Crippen molar-refractivity contribution in [2.75, 3.05) is 6.54 Å². The molecule has 2 aliphatic rings. The fourth-order valence-electron chi connectivity index (χ4n) is 1.58. The Labute approximate surface area is 66.7 Å². The van der Waals surface area contributed by atoms with Crippen molar-refractivity contribution < 1.29 is 0 Å². The van der Waals surface area contributed by atoms with Crippen molar-refractivity contribution in [3.8, 4) is 0 Å². The van der Waals surface area contributed by atoms with E-state index in [0.717, 1.165) is 13.0 Å². The number of fused-ring (bicyclic) bond motifs is 1. The summed E-state index contributed by atoms with van der Waals surface area (Å²) in [6.45, 7) is 1.12. The number of rotatable bonds is 0. The van der Waals surface area contributed by atoms with Gasteiger partial charge in [-0.3, -0.25) is 4.99 Å². The Balaban J connectivity index is 2.21. The minimum Gasteiger partial charge on any atom is -0.388 e. The first kappa shape index (κ1) is 6.65. The van der Waals surface area contributed by atoms with E-state index in [2.05, 4.69) is 16.4 Å². The summed E-state index contributed by atoms with van der Waals surface area (Å²) in [5, 5.41) is 3.37. The molecule has 2 heteroatoms. The van der Waals surface area contributed by atoms with Crippen LogP contribution in [0.2, 0.25) is 0 Å². The van der Waals surface area contributed by atoms with Crippen molar-refractivity contribution in [3.63, 3.8) is 0 Å². The Morgan fingerprint density at radius 3 is 3.55 bits per heavy atom. The zero-order valence-electron chi connectivity index (χ0n) is 6.46. The van der Waals surface area contributed by atoms with Crippen LogP contribution >= 0.6 is 0 Å². The fraction of sp³-hybridized carbons (Fsp3) is 0.444. The molecule has 1 unspecified atom stereocenters. The molecule has 1 N–H and O–H groups in total. The van der Waals surface area contributed by atoms with Crippen LogP contribution in [0.1, 0.15) is 12.8 Å².